The predicted molar refractivity (Wildman–Crippen MR) is 73.5 cm³/mol. The zero-order chi connectivity index (χ0) is 17.6. The Morgan fingerprint density at radius 3 is 2.09 bits per heavy atom. The van der Waals surface area contributed by atoms with E-state index < -0.39 is 42.4 Å². The fourth-order valence-corrected chi connectivity index (χ4v) is 2.46. The van der Waals surface area contributed by atoms with Gasteiger partial charge in [0.2, 0.25) is 11.3 Å². The maximum absolute atomic E-state index is 13.4. The number of hydrogen-bond donors (Lipinski definition) is 0. The van der Waals surface area contributed by atoms with Crippen LogP contribution in [0.15, 0.2) is 30.3 Å². The van der Waals surface area contributed by atoms with Gasteiger partial charge in [0.1, 0.15) is 6.17 Å². The number of hydrogen-bond acceptors (Lipinski definition) is 2. The molecule has 0 heterocycles. The summed E-state index contributed by atoms with van der Waals surface area (Å²) in [7, 11) is 0. The molecule has 0 fully saturated rings. The van der Waals surface area contributed by atoms with Gasteiger partial charge in [-0.2, -0.15) is 8.78 Å². The summed E-state index contributed by atoms with van der Waals surface area (Å²) in [6.45, 7) is 0. The highest BCUT2D eigenvalue weighted by Crippen LogP contribution is 2.35. The third-order valence-electron chi connectivity index (χ3n) is 2.91. The average molecular weight is 362 g/mol. The first-order valence-electron chi connectivity index (χ1n) is 6.48. The van der Waals surface area contributed by atoms with Gasteiger partial charge in [-0.3, -0.25) is 4.79 Å². The van der Waals surface area contributed by atoms with E-state index in [1.54, 1.807) is 18.2 Å². The van der Waals surface area contributed by atoms with Crippen LogP contribution < -0.4 is 0 Å². The van der Waals surface area contributed by atoms with E-state index in [1.165, 1.54) is 12.1 Å². The van der Waals surface area contributed by atoms with E-state index in [0.717, 1.165) is 0 Å². The highest BCUT2D eigenvalue weighted by atomic mass is 32.2. The second-order valence-corrected chi connectivity index (χ2v) is 5.69. The SMILES string of the molecule is O=C(SCCC(F)C(F)C(F)(F)C(F)C(F)F)c1ccccc1. The van der Waals surface area contributed by atoms with Gasteiger partial charge in [0.25, 0.3) is 6.43 Å². The molecule has 0 aliphatic carbocycles. The first-order chi connectivity index (χ1) is 10.7. The molecule has 0 aliphatic rings. The Morgan fingerprint density at radius 2 is 1.57 bits per heavy atom. The summed E-state index contributed by atoms with van der Waals surface area (Å²) < 4.78 is 89.1. The molecule has 23 heavy (non-hydrogen) atoms. The number of thioether (sulfide) groups is 1. The van der Waals surface area contributed by atoms with E-state index in [2.05, 4.69) is 0 Å². The highest BCUT2D eigenvalue weighted by molar-refractivity contribution is 8.14. The Morgan fingerprint density at radius 1 is 1.00 bits per heavy atom. The van der Waals surface area contributed by atoms with E-state index in [4.69, 9.17) is 0 Å². The molecule has 0 bridgehead atoms. The van der Waals surface area contributed by atoms with Crippen LogP contribution in [0, 0.1) is 0 Å². The Labute approximate surface area is 132 Å². The Hall–Kier alpha value is -1.25. The maximum Gasteiger partial charge on any atom is 0.317 e. The lowest BCUT2D eigenvalue weighted by Crippen LogP contribution is -2.48. The zero-order valence-electron chi connectivity index (χ0n) is 11.6. The van der Waals surface area contributed by atoms with Crippen molar-refractivity contribution >= 4 is 16.9 Å². The molecule has 3 unspecified atom stereocenters. The van der Waals surface area contributed by atoms with Crippen LogP contribution in [0.2, 0.25) is 0 Å². The lowest BCUT2D eigenvalue weighted by molar-refractivity contribution is -0.179. The molecule has 0 radical (unpaired) electrons. The third kappa shape index (κ3) is 5.40. The standard InChI is InChI=1S/C14H13F7OS/c15-9(10(16)14(20,21)11(17)12(18)19)6-7-23-13(22)8-4-2-1-3-5-8/h1-5,9-12H,6-7H2. The quantitative estimate of drug-likeness (QED) is 0.614. The third-order valence-corrected chi connectivity index (χ3v) is 3.85. The number of alkyl halides is 7. The first kappa shape index (κ1) is 19.8. The van der Waals surface area contributed by atoms with Crippen LogP contribution in [0.3, 0.4) is 0 Å². The summed E-state index contributed by atoms with van der Waals surface area (Å²) in [5.74, 6) is -5.49. The van der Waals surface area contributed by atoms with E-state index in [-0.39, 0.29) is 11.3 Å². The molecule has 0 N–H and O–H groups in total. The lowest BCUT2D eigenvalue weighted by atomic mass is 10.0. The molecule has 1 aromatic rings. The van der Waals surface area contributed by atoms with Gasteiger partial charge in [-0.25, -0.2) is 22.0 Å². The summed E-state index contributed by atoms with van der Waals surface area (Å²) in [6, 6.07) is 7.77. The van der Waals surface area contributed by atoms with Crippen LogP contribution in [-0.2, 0) is 0 Å². The van der Waals surface area contributed by atoms with Gasteiger partial charge in [0, 0.05) is 11.3 Å². The van der Waals surface area contributed by atoms with Crippen molar-refractivity contribution in [3.63, 3.8) is 0 Å². The van der Waals surface area contributed by atoms with Gasteiger partial charge < -0.3 is 0 Å². The van der Waals surface area contributed by atoms with Gasteiger partial charge in [0.15, 0.2) is 6.17 Å². The van der Waals surface area contributed by atoms with Crippen molar-refractivity contribution in [3.8, 4) is 0 Å². The van der Waals surface area contributed by atoms with Gasteiger partial charge in [-0.05, 0) is 6.42 Å². The predicted octanol–water partition coefficient (Wildman–Crippen LogP) is 4.86. The molecule has 0 aromatic heterocycles. The maximum atomic E-state index is 13.4. The number of rotatable bonds is 8. The average Bonchev–Trinajstić information content (AvgIpc) is 2.53. The van der Waals surface area contributed by atoms with Crippen molar-refractivity contribution in [3.05, 3.63) is 35.9 Å². The van der Waals surface area contributed by atoms with Gasteiger partial charge in [0.05, 0.1) is 0 Å². The summed E-state index contributed by atoms with van der Waals surface area (Å²) in [5.41, 5.74) is 0.288. The largest absolute Gasteiger partial charge is 0.317 e. The van der Waals surface area contributed by atoms with Crippen LogP contribution in [0.25, 0.3) is 0 Å². The Kier molecular flexibility index (Phi) is 7.37. The van der Waals surface area contributed by atoms with Crippen molar-refractivity contribution < 1.29 is 35.5 Å². The number of halogens is 7. The fraction of sp³-hybridized carbons (Fsp3) is 0.500. The number of carbonyl (C=O) groups excluding carboxylic acids is 1. The number of carbonyl (C=O) groups is 1. The molecule has 1 rings (SSSR count). The normalized spacial score (nSPS) is 16.2. The van der Waals surface area contributed by atoms with E-state index in [9.17, 15) is 35.5 Å². The molecule has 130 valence electrons. The van der Waals surface area contributed by atoms with Crippen LogP contribution in [0.5, 0.6) is 0 Å². The summed E-state index contributed by atoms with van der Waals surface area (Å²) in [5, 5.41) is -0.476. The highest BCUT2D eigenvalue weighted by Gasteiger charge is 2.55. The summed E-state index contributed by atoms with van der Waals surface area (Å²) in [6.07, 6.45) is -15.6. The molecule has 0 saturated carbocycles. The van der Waals surface area contributed by atoms with Crippen molar-refractivity contribution in [1.82, 2.24) is 0 Å². The molecule has 3 atom stereocenters. The van der Waals surface area contributed by atoms with Crippen LogP contribution in [0.1, 0.15) is 16.8 Å². The summed E-state index contributed by atoms with van der Waals surface area (Å²) >= 11 is 0.568. The monoisotopic (exact) mass is 362 g/mol. The topological polar surface area (TPSA) is 17.1 Å². The molecule has 1 nitrogen and oxygen atoms in total. The smallest absolute Gasteiger partial charge is 0.282 e. The van der Waals surface area contributed by atoms with Gasteiger partial charge >= 0.3 is 5.92 Å². The minimum absolute atomic E-state index is 0.288. The Bertz CT molecular complexity index is 497. The molecule has 0 spiro atoms. The van der Waals surface area contributed by atoms with Crippen molar-refractivity contribution in [2.24, 2.45) is 0 Å². The van der Waals surface area contributed by atoms with Crippen molar-refractivity contribution in [2.75, 3.05) is 5.75 Å². The molecular formula is C14H13F7OS. The molecule has 9 heteroatoms. The molecule has 1 aromatic carbocycles. The molecular weight excluding hydrogens is 349 g/mol. The lowest BCUT2D eigenvalue weighted by Gasteiger charge is -2.25. The minimum atomic E-state index is -5.14. The van der Waals surface area contributed by atoms with Crippen molar-refractivity contribution in [2.45, 2.75) is 37.3 Å². The second kappa shape index (κ2) is 8.56. The Balaban J connectivity index is 2.50. The first-order valence-corrected chi connectivity index (χ1v) is 7.46. The van der Waals surface area contributed by atoms with E-state index in [1.807, 2.05) is 0 Å². The van der Waals surface area contributed by atoms with Crippen LogP contribution >= 0.6 is 11.8 Å². The summed E-state index contributed by atoms with van der Waals surface area (Å²) in [4.78, 5) is 11.6. The molecule has 0 saturated heterocycles. The van der Waals surface area contributed by atoms with E-state index in [0.29, 0.717) is 11.8 Å². The van der Waals surface area contributed by atoms with Crippen LogP contribution in [0.4, 0.5) is 30.7 Å². The van der Waals surface area contributed by atoms with Crippen LogP contribution in [-0.4, -0.2) is 41.7 Å². The minimum Gasteiger partial charge on any atom is -0.282 e. The van der Waals surface area contributed by atoms with Crippen molar-refractivity contribution in [1.29, 1.82) is 0 Å². The second-order valence-electron chi connectivity index (χ2n) is 4.62. The fourth-order valence-electron chi connectivity index (χ4n) is 1.63. The van der Waals surface area contributed by atoms with Gasteiger partial charge in [-0.15, -0.1) is 0 Å². The van der Waals surface area contributed by atoms with Gasteiger partial charge in [-0.1, -0.05) is 42.1 Å². The molecule has 0 aliphatic heterocycles. The molecule has 0 amide bonds. The zero-order valence-corrected chi connectivity index (χ0v) is 12.4. The van der Waals surface area contributed by atoms with E-state index >= 15 is 0 Å². The number of benzene rings is 1.